The molecule has 0 saturated carbocycles. The Morgan fingerprint density at radius 3 is 3.00 bits per heavy atom. The second kappa shape index (κ2) is 5.50. The first-order valence-electron chi connectivity index (χ1n) is 5.40. The van der Waals surface area contributed by atoms with Gasteiger partial charge in [-0.15, -0.1) is 11.3 Å². The van der Waals surface area contributed by atoms with Gasteiger partial charge in [-0.25, -0.2) is 9.78 Å². The second-order valence-electron chi connectivity index (χ2n) is 3.77. The lowest BCUT2D eigenvalue weighted by Gasteiger charge is -2.09. The summed E-state index contributed by atoms with van der Waals surface area (Å²) in [7, 11) is 0. The normalized spacial score (nSPS) is 10.2. The summed E-state index contributed by atoms with van der Waals surface area (Å²) in [6, 6.07) is 4.81. The molecule has 0 atom stereocenters. The molecule has 18 heavy (non-hydrogen) atoms. The van der Waals surface area contributed by atoms with Crippen molar-refractivity contribution in [3.63, 3.8) is 0 Å². The van der Waals surface area contributed by atoms with Crippen LogP contribution in [0.5, 0.6) is 0 Å². The molecule has 0 amide bonds. The summed E-state index contributed by atoms with van der Waals surface area (Å²) >= 11 is 1.55. The Labute approximate surface area is 108 Å². The van der Waals surface area contributed by atoms with E-state index in [1.54, 1.807) is 29.0 Å². The van der Waals surface area contributed by atoms with Crippen molar-refractivity contribution in [3.05, 3.63) is 40.3 Å². The van der Waals surface area contributed by atoms with Crippen LogP contribution in [0.25, 0.3) is 0 Å². The van der Waals surface area contributed by atoms with Crippen LogP contribution in [-0.2, 0) is 6.42 Å². The van der Waals surface area contributed by atoms with Crippen molar-refractivity contribution in [1.82, 2.24) is 4.98 Å². The minimum absolute atomic E-state index is 0.188. The van der Waals surface area contributed by atoms with Crippen molar-refractivity contribution in [2.45, 2.75) is 6.42 Å². The second-order valence-corrected chi connectivity index (χ2v) is 4.49. The smallest absolute Gasteiger partial charge is 0.337 e. The quantitative estimate of drug-likeness (QED) is 0.719. The fourth-order valence-electron chi connectivity index (χ4n) is 1.58. The van der Waals surface area contributed by atoms with Gasteiger partial charge in [0.25, 0.3) is 0 Å². The molecular weight excluding hydrogens is 250 g/mol. The number of rotatable bonds is 5. The Balaban J connectivity index is 2.02. The fraction of sp³-hybridized carbons (Fsp3) is 0.167. The van der Waals surface area contributed by atoms with Gasteiger partial charge in [0.1, 0.15) is 0 Å². The number of thiazole rings is 1. The van der Waals surface area contributed by atoms with Crippen LogP contribution in [0.4, 0.5) is 11.4 Å². The van der Waals surface area contributed by atoms with E-state index in [0.29, 0.717) is 17.9 Å². The molecule has 0 radical (unpaired) electrons. The highest BCUT2D eigenvalue weighted by Gasteiger charge is 2.09. The zero-order chi connectivity index (χ0) is 13.0. The molecule has 6 heteroatoms. The van der Waals surface area contributed by atoms with Gasteiger partial charge in [-0.2, -0.15) is 0 Å². The van der Waals surface area contributed by atoms with E-state index in [1.807, 2.05) is 5.38 Å². The van der Waals surface area contributed by atoms with Crippen LogP contribution in [0.1, 0.15) is 16.1 Å². The number of carboxylic acids is 1. The fourth-order valence-corrected chi connectivity index (χ4v) is 2.17. The number of carboxylic acid groups (broad SMARTS) is 1. The molecule has 1 heterocycles. The van der Waals surface area contributed by atoms with Gasteiger partial charge in [0, 0.05) is 29.7 Å². The summed E-state index contributed by atoms with van der Waals surface area (Å²) in [5.74, 6) is -0.988. The van der Waals surface area contributed by atoms with Crippen LogP contribution in [-0.4, -0.2) is 22.6 Å². The Morgan fingerprint density at radius 2 is 2.33 bits per heavy atom. The number of nitrogens with one attached hydrogen (secondary N) is 1. The lowest BCUT2D eigenvalue weighted by molar-refractivity contribution is 0.0698. The van der Waals surface area contributed by atoms with E-state index in [0.717, 1.165) is 12.1 Å². The van der Waals surface area contributed by atoms with Crippen molar-refractivity contribution < 1.29 is 9.90 Å². The van der Waals surface area contributed by atoms with Gasteiger partial charge in [-0.05, 0) is 18.2 Å². The number of nitrogen functional groups attached to an aromatic ring is 1. The van der Waals surface area contributed by atoms with E-state index in [4.69, 9.17) is 10.8 Å². The van der Waals surface area contributed by atoms with E-state index in [1.165, 1.54) is 6.07 Å². The number of aromatic carboxylic acids is 1. The molecule has 0 fully saturated rings. The van der Waals surface area contributed by atoms with Crippen molar-refractivity contribution >= 4 is 28.7 Å². The summed E-state index contributed by atoms with van der Waals surface area (Å²) in [4.78, 5) is 15.2. The summed E-state index contributed by atoms with van der Waals surface area (Å²) in [6.07, 6.45) is 0.757. The highest BCUT2D eigenvalue weighted by molar-refractivity contribution is 7.07. The molecule has 0 aliphatic rings. The van der Waals surface area contributed by atoms with Crippen molar-refractivity contribution in [2.75, 3.05) is 17.6 Å². The average molecular weight is 263 g/mol. The Bertz CT molecular complexity index is 540. The zero-order valence-corrected chi connectivity index (χ0v) is 10.4. The molecule has 0 aliphatic carbocycles. The highest BCUT2D eigenvalue weighted by Crippen LogP contribution is 2.19. The maximum Gasteiger partial charge on any atom is 0.337 e. The number of anilines is 2. The van der Waals surface area contributed by atoms with E-state index in [9.17, 15) is 4.79 Å². The Hall–Kier alpha value is -2.08. The molecule has 4 N–H and O–H groups in total. The zero-order valence-electron chi connectivity index (χ0n) is 9.59. The summed E-state index contributed by atoms with van der Waals surface area (Å²) in [6.45, 7) is 0.633. The molecule has 0 spiro atoms. The number of hydrogen-bond acceptors (Lipinski definition) is 5. The van der Waals surface area contributed by atoms with Crippen LogP contribution in [0, 0.1) is 0 Å². The Kier molecular flexibility index (Phi) is 3.78. The van der Waals surface area contributed by atoms with Gasteiger partial charge in [0.2, 0.25) is 0 Å². The summed E-state index contributed by atoms with van der Waals surface area (Å²) < 4.78 is 0. The largest absolute Gasteiger partial charge is 0.478 e. The number of carbonyl (C=O) groups is 1. The number of aromatic nitrogens is 1. The first-order chi connectivity index (χ1) is 8.66. The monoisotopic (exact) mass is 263 g/mol. The molecule has 2 rings (SSSR count). The van der Waals surface area contributed by atoms with Gasteiger partial charge in [-0.3, -0.25) is 0 Å². The number of hydrogen-bond donors (Lipinski definition) is 3. The molecule has 0 bridgehead atoms. The van der Waals surface area contributed by atoms with Gasteiger partial charge >= 0.3 is 5.97 Å². The molecule has 1 aromatic heterocycles. The number of benzene rings is 1. The molecular formula is C12H13N3O2S. The standard InChI is InChI=1S/C12H13N3O2S/c13-8-1-2-11(10(5-8)12(16)17)14-4-3-9-6-18-7-15-9/h1-2,5-7,14H,3-4,13H2,(H,16,17). The Morgan fingerprint density at radius 1 is 1.50 bits per heavy atom. The molecule has 2 aromatic rings. The van der Waals surface area contributed by atoms with Crippen LogP contribution in [0.2, 0.25) is 0 Å². The predicted octanol–water partition coefficient (Wildman–Crippen LogP) is 2.08. The number of nitrogens with zero attached hydrogens (tertiary/aromatic N) is 1. The van der Waals surface area contributed by atoms with Gasteiger partial charge < -0.3 is 16.2 Å². The van der Waals surface area contributed by atoms with Crippen molar-refractivity contribution in [1.29, 1.82) is 0 Å². The third-order valence-corrected chi connectivity index (χ3v) is 3.09. The highest BCUT2D eigenvalue weighted by atomic mass is 32.1. The molecule has 0 unspecified atom stereocenters. The van der Waals surface area contributed by atoms with Gasteiger partial charge in [-0.1, -0.05) is 0 Å². The van der Waals surface area contributed by atoms with Crippen LogP contribution in [0.15, 0.2) is 29.1 Å². The van der Waals surface area contributed by atoms with Gasteiger partial charge in [0.15, 0.2) is 0 Å². The van der Waals surface area contributed by atoms with Gasteiger partial charge in [0.05, 0.1) is 16.8 Å². The van der Waals surface area contributed by atoms with Crippen LogP contribution < -0.4 is 11.1 Å². The molecule has 1 aromatic carbocycles. The first-order valence-corrected chi connectivity index (χ1v) is 6.35. The minimum atomic E-state index is -0.988. The maximum absolute atomic E-state index is 11.1. The summed E-state index contributed by atoms with van der Waals surface area (Å²) in [5.41, 5.74) is 9.56. The van der Waals surface area contributed by atoms with Crippen LogP contribution in [0.3, 0.4) is 0 Å². The topological polar surface area (TPSA) is 88.2 Å². The van der Waals surface area contributed by atoms with E-state index in [-0.39, 0.29) is 5.56 Å². The van der Waals surface area contributed by atoms with Crippen molar-refractivity contribution in [2.24, 2.45) is 0 Å². The molecule has 94 valence electrons. The molecule has 0 aliphatic heterocycles. The molecule has 5 nitrogen and oxygen atoms in total. The lowest BCUT2D eigenvalue weighted by atomic mass is 10.1. The first kappa shape index (κ1) is 12.4. The lowest BCUT2D eigenvalue weighted by Crippen LogP contribution is -2.10. The van der Waals surface area contributed by atoms with E-state index < -0.39 is 5.97 Å². The third-order valence-electron chi connectivity index (χ3n) is 2.45. The van der Waals surface area contributed by atoms with Crippen molar-refractivity contribution in [3.8, 4) is 0 Å². The molecule has 0 saturated heterocycles. The average Bonchev–Trinajstić information content (AvgIpc) is 2.84. The number of nitrogens with two attached hydrogens (primary N) is 1. The SMILES string of the molecule is Nc1ccc(NCCc2cscn2)c(C(=O)O)c1. The van der Waals surface area contributed by atoms with Crippen LogP contribution >= 0.6 is 11.3 Å². The van der Waals surface area contributed by atoms with E-state index in [2.05, 4.69) is 10.3 Å². The summed E-state index contributed by atoms with van der Waals surface area (Å²) in [5, 5.41) is 14.1. The maximum atomic E-state index is 11.1. The predicted molar refractivity (Wildman–Crippen MR) is 72.1 cm³/mol. The minimum Gasteiger partial charge on any atom is -0.478 e. The van der Waals surface area contributed by atoms with E-state index >= 15 is 0 Å². The third kappa shape index (κ3) is 2.98.